The average Bonchev–Trinajstić information content (AvgIpc) is 2.38. The highest BCUT2D eigenvalue weighted by Gasteiger charge is 2.10. The van der Waals surface area contributed by atoms with E-state index in [1.54, 1.807) is 38.1 Å². The fourth-order valence-electron chi connectivity index (χ4n) is 1.63. The van der Waals surface area contributed by atoms with Crippen LogP contribution in [0, 0.1) is 13.8 Å². The Hall–Kier alpha value is -2.14. The summed E-state index contributed by atoms with van der Waals surface area (Å²) in [5, 5.41) is 4.45. The Bertz CT molecular complexity index is 710. The van der Waals surface area contributed by atoms with Crippen LogP contribution in [0.4, 0.5) is 0 Å². The zero-order valence-electron chi connectivity index (χ0n) is 11.1. The Kier molecular flexibility index (Phi) is 4.20. The van der Waals surface area contributed by atoms with Crippen molar-refractivity contribution >= 4 is 17.6 Å². The first-order valence-corrected chi connectivity index (χ1v) is 6.35. The second-order valence-corrected chi connectivity index (χ2v) is 4.79. The average molecular weight is 293 g/mol. The van der Waals surface area contributed by atoms with E-state index >= 15 is 0 Å². The molecule has 0 fully saturated rings. The molecule has 5 nitrogen and oxygen atoms in total. The molecule has 1 heterocycles. The molecule has 104 valence electrons. The predicted molar refractivity (Wildman–Crippen MR) is 75.1 cm³/mol. The number of hydrogen-bond donors (Lipinski definition) is 0. The Labute approximate surface area is 120 Å². The van der Waals surface area contributed by atoms with Crippen LogP contribution in [0.1, 0.15) is 11.3 Å². The van der Waals surface area contributed by atoms with Crippen LogP contribution >= 0.6 is 11.6 Å². The topological polar surface area (TPSA) is 61.2 Å². The summed E-state index contributed by atoms with van der Waals surface area (Å²) in [6.45, 7) is 3.30. The second kappa shape index (κ2) is 5.88. The smallest absolute Gasteiger partial charge is 0.333 e. The molecular formula is C14H13ClN2O3. The van der Waals surface area contributed by atoms with Gasteiger partial charge in [0.05, 0.1) is 5.69 Å². The molecule has 0 saturated heterocycles. The number of nitrogens with zero attached hydrogens (tertiary/aromatic N) is 2. The van der Waals surface area contributed by atoms with Crippen LogP contribution in [-0.2, 0) is 11.3 Å². The van der Waals surface area contributed by atoms with Crippen molar-refractivity contribution in [1.82, 2.24) is 9.78 Å². The van der Waals surface area contributed by atoms with Gasteiger partial charge in [0.1, 0.15) is 12.3 Å². The van der Waals surface area contributed by atoms with E-state index in [1.807, 2.05) is 0 Å². The van der Waals surface area contributed by atoms with E-state index in [9.17, 15) is 9.59 Å². The minimum atomic E-state index is -0.574. The lowest BCUT2D eigenvalue weighted by molar-refractivity contribution is -0.135. The fraction of sp³-hybridized carbons (Fsp3) is 0.214. The van der Waals surface area contributed by atoms with Crippen LogP contribution in [0.25, 0.3) is 0 Å². The van der Waals surface area contributed by atoms with Crippen LogP contribution in [0.3, 0.4) is 0 Å². The lowest BCUT2D eigenvalue weighted by atomic mass is 10.2. The number of carbonyl (C=O) groups excluding carboxylic acids is 1. The van der Waals surface area contributed by atoms with Crippen LogP contribution in [-0.4, -0.2) is 15.7 Å². The lowest BCUT2D eigenvalue weighted by Gasteiger charge is -2.08. The third-order valence-electron chi connectivity index (χ3n) is 2.65. The van der Waals surface area contributed by atoms with Gasteiger partial charge in [-0.25, -0.2) is 9.48 Å². The summed E-state index contributed by atoms with van der Waals surface area (Å²) < 4.78 is 6.27. The SMILES string of the molecule is Cc1ccc(=O)n(CC(=O)Oc2cc(Cl)ccc2C)n1. The molecule has 0 radical (unpaired) electrons. The van der Waals surface area contributed by atoms with Crippen molar-refractivity contribution in [2.75, 3.05) is 0 Å². The monoisotopic (exact) mass is 292 g/mol. The zero-order valence-corrected chi connectivity index (χ0v) is 11.8. The number of hydrogen-bond acceptors (Lipinski definition) is 4. The zero-order chi connectivity index (χ0) is 14.7. The van der Waals surface area contributed by atoms with Gasteiger partial charge in [-0.3, -0.25) is 4.79 Å². The van der Waals surface area contributed by atoms with Gasteiger partial charge >= 0.3 is 5.97 Å². The fourth-order valence-corrected chi connectivity index (χ4v) is 1.79. The third-order valence-corrected chi connectivity index (χ3v) is 2.89. The molecule has 0 aliphatic rings. The minimum Gasteiger partial charge on any atom is -0.425 e. The molecule has 2 aromatic rings. The molecular weight excluding hydrogens is 280 g/mol. The Balaban J connectivity index is 2.15. The molecule has 0 spiro atoms. The standard InChI is InChI=1S/C14H13ClN2O3/c1-9-3-5-11(15)7-12(9)20-14(19)8-17-13(18)6-4-10(2)16-17/h3-7H,8H2,1-2H3. The van der Waals surface area contributed by atoms with Crippen molar-refractivity contribution in [3.8, 4) is 5.75 Å². The highest BCUT2D eigenvalue weighted by atomic mass is 35.5. The number of aromatic nitrogens is 2. The molecule has 0 unspecified atom stereocenters. The first-order valence-electron chi connectivity index (χ1n) is 5.97. The number of aryl methyl sites for hydroxylation is 2. The molecule has 1 aromatic carbocycles. The Morgan fingerprint density at radius 1 is 1.30 bits per heavy atom. The van der Waals surface area contributed by atoms with E-state index in [-0.39, 0.29) is 12.1 Å². The van der Waals surface area contributed by atoms with Crippen LogP contribution in [0.2, 0.25) is 5.02 Å². The number of carbonyl (C=O) groups is 1. The highest BCUT2D eigenvalue weighted by Crippen LogP contribution is 2.22. The van der Waals surface area contributed by atoms with Gasteiger partial charge in [0.2, 0.25) is 0 Å². The van der Waals surface area contributed by atoms with Gasteiger partial charge in [-0.1, -0.05) is 17.7 Å². The van der Waals surface area contributed by atoms with Gasteiger partial charge in [0, 0.05) is 11.1 Å². The highest BCUT2D eigenvalue weighted by molar-refractivity contribution is 6.30. The predicted octanol–water partition coefficient (Wildman–Crippen LogP) is 2.12. The van der Waals surface area contributed by atoms with E-state index < -0.39 is 5.97 Å². The maximum Gasteiger partial charge on any atom is 0.333 e. The van der Waals surface area contributed by atoms with Crippen molar-refractivity contribution in [3.63, 3.8) is 0 Å². The molecule has 2 rings (SSSR count). The van der Waals surface area contributed by atoms with Crippen molar-refractivity contribution in [3.05, 3.63) is 57.0 Å². The summed E-state index contributed by atoms with van der Waals surface area (Å²) in [6.07, 6.45) is 0. The maximum absolute atomic E-state index is 11.8. The number of esters is 1. The van der Waals surface area contributed by atoms with Crippen LogP contribution < -0.4 is 10.3 Å². The molecule has 6 heteroatoms. The number of rotatable bonds is 3. The van der Waals surface area contributed by atoms with E-state index in [4.69, 9.17) is 16.3 Å². The van der Waals surface area contributed by atoms with Crippen molar-refractivity contribution in [2.45, 2.75) is 20.4 Å². The molecule has 0 aliphatic heterocycles. The molecule has 0 N–H and O–H groups in total. The Morgan fingerprint density at radius 2 is 2.05 bits per heavy atom. The van der Waals surface area contributed by atoms with E-state index in [1.165, 1.54) is 6.07 Å². The van der Waals surface area contributed by atoms with Gasteiger partial charge in [0.15, 0.2) is 0 Å². The van der Waals surface area contributed by atoms with Crippen molar-refractivity contribution in [2.24, 2.45) is 0 Å². The van der Waals surface area contributed by atoms with Gasteiger partial charge in [-0.15, -0.1) is 0 Å². The quantitative estimate of drug-likeness (QED) is 0.642. The van der Waals surface area contributed by atoms with Crippen LogP contribution in [0.15, 0.2) is 35.1 Å². The summed E-state index contributed by atoms with van der Waals surface area (Å²) in [7, 11) is 0. The summed E-state index contributed by atoms with van der Waals surface area (Å²) in [5.74, 6) is -0.196. The van der Waals surface area contributed by atoms with Gasteiger partial charge in [0.25, 0.3) is 5.56 Å². The van der Waals surface area contributed by atoms with Crippen molar-refractivity contribution < 1.29 is 9.53 Å². The van der Waals surface area contributed by atoms with E-state index in [2.05, 4.69) is 5.10 Å². The second-order valence-electron chi connectivity index (χ2n) is 4.35. The number of halogens is 1. The minimum absolute atomic E-state index is 0.244. The molecule has 0 atom stereocenters. The molecule has 0 saturated carbocycles. The van der Waals surface area contributed by atoms with E-state index in [0.29, 0.717) is 16.5 Å². The van der Waals surface area contributed by atoms with Gasteiger partial charge in [-0.05, 0) is 37.6 Å². The first-order chi connectivity index (χ1) is 9.45. The van der Waals surface area contributed by atoms with Crippen LogP contribution in [0.5, 0.6) is 5.75 Å². The Morgan fingerprint density at radius 3 is 2.80 bits per heavy atom. The summed E-state index contributed by atoms with van der Waals surface area (Å²) in [5.41, 5.74) is 1.08. The summed E-state index contributed by atoms with van der Waals surface area (Å²) in [6, 6.07) is 7.97. The third kappa shape index (κ3) is 3.45. The summed E-state index contributed by atoms with van der Waals surface area (Å²) >= 11 is 5.85. The maximum atomic E-state index is 11.8. The summed E-state index contributed by atoms with van der Waals surface area (Å²) in [4.78, 5) is 23.4. The van der Waals surface area contributed by atoms with Crippen molar-refractivity contribution in [1.29, 1.82) is 0 Å². The van der Waals surface area contributed by atoms with Gasteiger partial charge < -0.3 is 4.74 Å². The number of benzene rings is 1. The molecule has 1 aromatic heterocycles. The molecule has 20 heavy (non-hydrogen) atoms. The molecule has 0 aliphatic carbocycles. The largest absolute Gasteiger partial charge is 0.425 e. The molecule has 0 amide bonds. The van der Waals surface area contributed by atoms with E-state index in [0.717, 1.165) is 10.2 Å². The van der Waals surface area contributed by atoms with Gasteiger partial charge in [-0.2, -0.15) is 5.10 Å². The number of ether oxygens (including phenoxy) is 1. The molecule has 0 bridgehead atoms. The lowest BCUT2D eigenvalue weighted by Crippen LogP contribution is -2.28. The first kappa shape index (κ1) is 14.3. The normalized spacial score (nSPS) is 10.3.